The molecular formula is C22H17F4N3O4S. The molecule has 1 fully saturated rings. The largest absolute Gasteiger partial charge is 0.501 e. The van der Waals surface area contributed by atoms with Crippen LogP contribution in [-0.2, 0) is 21.2 Å². The van der Waals surface area contributed by atoms with Gasteiger partial charge in [0.2, 0.25) is 5.95 Å². The number of halogens is 4. The molecule has 0 radical (unpaired) electrons. The average molecular weight is 495 g/mol. The first-order valence-electron chi connectivity index (χ1n) is 9.87. The van der Waals surface area contributed by atoms with Gasteiger partial charge in [0.05, 0.1) is 16.1 Å². The van der Waals surface area contributed by atoms with Gasteiger partial charge in [0, 0.05) is 11.9 Å². The van der Waals surface area contributed by atoms with Gasteiger partial charge in [0.1, 0.15) is 5.54 Å². The van der Waals surface area contributed by atoms with Crippen molar-refractivity contribution in [2.75, 3.05) is 4.90 Å². The number of sulfone groups is 1. The van der Waals surface area contributed by atoms with Gasteiger partial charge >= 0.3 is 11.5 Å². The van der Waals surface area contributed by atoms with Crippen LogP contribution in [0.3, 0.4) is 0 Å². The van der Waals surface area contributed by atoms with E-state index in [0.29, 0.717) is 28.6 Å². The third kappa shape index (κ3) is 3.67. The fourth-order valence-electron chi connectivity index (χ4n) is 3.75. The third-order valence-corrected chi connectivity index (χ3v) is 7.13. The highest BCUT2D eigenvalue weighted by Gasteiger charge is 2.52. The zero-order valence-electron chi connectivity index (χ0n) is 17.8. The Hall–Kier alpha value is -3.54. The lowest BCUT2D eigenvalue weighted by atomic mass is 10.0. The minimum absolute atomic E-state index is 0.0996. The molecule has 1 aliphatic rings. The van der Waals surface area contributed by atoms with Gasteiger partial charge in [-0.1, -0.05) is 18.2 Å². The number of para-hydroxylation sites is 1. The van der Waals surface area contributed by atoms with Gasteiger partial charge in [-0.15, -0.1) is 0 Å². The van der Waals surface area contributed by atoms with E-state index in [1.807, 2.05) is 0 Å². The van der Waals surface area contributed by atoms with Gasteiger partial charge in [-0.2, -0.15) is 17.6 Å². The number of alkyl halides is 3. The van der Waals surface area contributed by atoms with E-state index < -0.39 is 43.7 Å². The molecular weight excluding hydrogens is 478 g/mol. The van der Waals surface area contributed by atoms with E-state index >= 15 is 0 Å². The predicted molar refractivity (Wildman–Crippen MR) is 114 cm³/mol. The predicted octanol–water partition coefficient (Wildman–Crippen LogP) is 4.41. The van der Waals surface area contributed by atoms with Crippen LogP contribution < -0.4 is 4.90 Å². The van der Waals surface area contributed by atoms with Crippen LogP contribution in [0.1, 0.15) is 19.4 Å². The van der Waals surface area contributed by atoms with Gasteiger partial charge in [-0.05, 0) is 55.8 Å². The first-order chi connectivity index (χ1) is 15.7. The molecule has 0 N–H and O–H groups in total. The number of benzene rings is 2. The van der Waals surface area contributed by atoms with E-state index in [1.165, 1.54) is 18.7 Å². The highest BCUT2D eigenvalue weighted by molar-refractivity contribution is 7.92. The number of anilines is 1. The highest BCUT2D eigenvalue weighted by atomic mass is 32.2. The average Bonchev–Trinajstić information content (AvgIpc) is 2.92. The zero-order chi connectivity index (χ0) is 25.1. The topological polar surface area (TPSA) is 87.7 Å². The number of urea groups is 1. The first-order valence-corrected chi connectivity index (χ1v) is 11.4. The van der Waals surface area contributed by atoms with Gasteiger partial charge in [-0.25, -0.2) is 23.1 Å². The molecule has 1 aromatic heterocycles. The summed E-state index contributed by atoms with van der Waals surface area (Å²) in [7, 11) is -5.58. The van der Waals surface area contributed by atoms with Crippen LogP contribution in [0.4, 0.5) is 28.0 Å². The molecule has 34 heavy (non-hydrogen) atoms. The van der Waals surface area contributed by atoms with Crippen LogP contribution in [0.5, 0.6) is 0 Å². The number of fused-ring (bicyclic) bond motifs is 1. The number of imide groups is 1. The number of hydrogen-bond acceptors (Lipinski definition) is 5. The van der Waals surface area contributed by atoms with E-state index in [4.69, 9.17) is 0 Å². The monoisotopic (exact) mass is 495 g/mol. The summed E-state index contributed by atoms with van der Waals surface area (Å²) in [5.74, 6) is -1.44. The molecule has 2 heterocycles. The van der Waals surface area contributed by atoms with E-state index in [0.717, 1.165) is 23.1 Å². The Labute approximate surface area is 191 Å². The second-order valence-corrected chi connectivity index (χ2v) is 10.1. The number of rotatable bonds is 4. The molecule has 1 aliphatic heterocycles. The van der Waals surface area contributed by atoms with E-state index in [2.05, 4.69) is 4.98 Å². The quantitative estimate of drug-likeness (QED) is 0.304. The van der Waals surface area contributed by atoms with Crippen molar-refractivity contribution in [2.24, 2.45) is 0 Å². The fraction of sp³-hybridized carbons (Fsp3) is 0.227. The van der Waals surface area contributed by atoms with Crippen molar-refractivity contribution in [3.8, 4) is 0 Å². The maximum Gasteiger partial charge on any atom is 0.501 e. The van der Waals surface area contributed by atoms with E-state index in [1.54, 1.807) is 24.3 Å². The van der Waals surface area contributed by atoms with Crippen LogP contribution in [-0.4, -0.2) is 41.3 Å². The van der Waals surface area contributed by atoms with Crippen LogP contribution >= 0.6 is 0 Å². The highest BCUT2D eigenvalue weighted by Crippen LogP contribution is 2.36. The molecule has 0 atom stereocenters. The molecule has 7 nitrogen and oxygen atoms in total. The molecule has 178 valence electrons. The Bertz CT molecular complexity index is 1420. The van der Waals surface area contributed by atoms with Crippen molar-refractivity contribution in [1.29, 1.82) is 0 Å². The molecule has 3 amide bonds. The molecule has 12 heteroatoms. The second kappa shape index (κ2) is 7.76. The van der Waals surface area contributed by atoms with Crippen LogP contribution in [0, 0.1) is 5.95 Å². The number of nitrogens with zero attached hydrogens (tertiary/aromatic N) is 3. The van der Waals surface area contributed by atoms with Crippen molar-refractivity contribution in [1.82, 2.24) is 9.88 Å². The SMILES string of the molecule is CC1(C)C(=O)N(c2ccc(S(=O)(=O)C(F)(F)F)cc2)C(=O)N1Cc1cc(F)nc2ccccc12. The minimum atomic E-state index is -5.58. The standard InChI is InChI=1S/C22H17F4N3O4S/c1-21(2)19(30)29(14-7-9-15(10-8-14)34(32,33)22(24,25)26)20(31)28(21)12-13-11-18(23)27-17-6-4-3-5-16(13)17/h3-11H,12H2,1-2H3. The van der Waals surface area contributed by atoms with Crippen molar-refractivity contribution in [2.45, 2.75) is 36.3 Å². The Morgan fingerprint density at radius 1 is 1.00 bits per heavy atom. The van der Waals surface area contributed by atoms with Crippen LogP contribution in [0.2, 0.25) is 0 Å². The molecule has 0 unspecified atom stereocenters. The summed E-state index contributed by atoms with van der Waals surface area (Å²) >= 11 is 0. The molecule has 0 bridgehead atoms. The van der Waals surface area contributed by atoms with E-state index in [-0.39, 0.29) is 12.2 Å². The number of amides is 3. The molecule has 0 saturated carbocycles. The lowest BCUT2D eigenvalue weighted by Gasteiger charge is -2.28. The maximum atomic E-state index is 14.1. The van der Waals surface area contributed by atoms with Gasteiger partial charge in [-0.3, -0.25) is 4.79 Å². The smallest absolute Gasteiger partial charge is 0.305 e. The molecule has 0 spiro atoms. The van der Waals surface area contributed by atoms with Crippen molar-refractivity contribution in [3.63, 3.8) is 0 Å². The Morgan fingerprint density at radius 2 is 1.62 bits per heavy atom. The summed E-state index contributed by atoms with van der Waals surface area (Å²) < 4.78 is 75.7. The number of carbonyl (C=O) groups excluding carboxylic acids is 2. The number of aromatic nitrogens is 1. The summed E-state index contributed by atoms with van der Waals surface area (Å²) in [5, 5.41) is 0.583. The summed E-state index contributed by atoms with van der Waals surface area (Å²) in [6.07, 6.45) is 0. The Balaban J connectivity index is 1.70. The third-order valence-electron chi connectivity index (χ3n) is 5.63. The fourth-order valence-corrected chi connectivity index (χ4v) is 4.51. The van der Waals surface area contributed by atoms with E-state index in [9.17, 15) is 35.6 Å². The minimum Gasteiger partial charge on any atom is -0.305 e. The normalized spacial score (nSPS) is 16.5. The molecule has 4 rings (SSSR count). The van der Waals surface area contributed by atoms with Crippen molar-refractivity contribution >= 4 is 38.4 Å². The Morgan fingerprint density at radius 3 is 2.24 bits per heavy atom. The molecule has 1 saturated heterocycles. The Kier molecular flexibility index (Phi) is 5.39. The summed E-state index contributed by atoms with van der Waals surface area (Å²) in [6.45, 7) is 2.82. The van der Waals surface area contributed by atoms with Gasteiger partial charge in [0.15, 0.2) is 0 Å². The second-order valence-electron chi connectivity index (χ2n) is 8.13. The van der Waals surface area contributed by atoms with Crippen LogP contribution in [0.15, 0.2) is 59.5 Å². The summed E-state index contributed by atoms with van der Waals surface area (Å²) in [5.41, 5.74) is -6.20. The van der Waals surface area contributed by atoms with Gasteiger partial charge in [0.25, 0.3) is 15.7 Å². The molecule has 0 aliphatic carbocycles. The maximum absolute atomic E-state index is 14.1. The summed E-state index contributed by atoms with van der Waals surface area (Å²) in [4.78, 5) is 31.1. The zero-order valence-corrected chi connectivity index (χ0v) is 18.6. The van der Waals surface area contributed by atoms with Crippen LogP contribution in [0.25, 0.3) is 10.9 Å². The number of hydrogen-bond donors (Lipinski definition) is 0. The molecule has 2 aromatic carbocycles. The van der Waals surface area contributed by atoms with Gasteiger partial charge < -0.3 is 4.90 Å². The van der Waals surface area contributed by atoms with Crippen molar-refractivity contribution in [3.05, 3.63) is 66.1 Å². The number of carbonyl (C=O) groups is 2. The lowest BCUT2D eigenvalue weighted by molar-refractivity contribution is -0.123. The molecule has 3 aromatic rings. The van der Waals surface area contributed by atoms with Crippen molar-refractivity contribution < 1.29 is 35.6 Å². The lowest BCUT2D eigenvalue weighted by Crippen LogP contribution is -2.43. The first kappa shape index (κ1) is 23.6. The number of pyridine rings is 1. The summed E-state index contributed by atoms with van der Waals surface area (Å²) in [6, 6.07) is 10.3.